The first-order chi connectivity index (χ1) is 7.68. The van der Waals surface area contributed by atoms with Crippen molar-refractivity contribution in [3.8, 4) is 0 Å². The normalized spacial score (nSPS) is 21.0. The van der Waals surface area contributed by atoms with E-state index in [0.29, 0.717) is 18.2 Å². The van der Waals surface area contributed by atoms with E-state index in [4.69, 9.17) is 11.6 Å². The zero-order valence-corrected chi connectivity index (χ0v) is 11.3. The minimum absolute atomic E-state index is 0. The van der Waals surface area contributed by atoms with Crippen molar-refractivity contribution in [1.29, 1.82) is 0 Å². The van der Waals surface area contributed by atoms with E-state index in [0.717, 1.165) is 19.6 Å². The van der Waals surface area contributed by atoms with Crippen molar-refractivity contribution in [2.24, 2.45) is 0 Å². The van der Waals surface area contributed by atoms with Crippen LogP contribution in [0.4, 0.5) is 4.39 Å². The van der Waals surface area contributed by atoms with Crippen LogP contribution in [0.2, 0.25) is 5.02 Å². The SMILES string of the molecule is CC1CNCCN1Cc1cccc(Cl)c1F.Cl. The van der Waals surface area contributed by atoms with Crippen LogP contribution in [0.5, 0.6) is 0 Å². The van der Waals surface area contributed by atoms with Gasteiger partial charge >= 0.3 is 0 Å². The number of rotatable bonds is 2. The van der Waals surface area contributed by atoms with E-state index in [2.05, 4.69) is 17.1 Å². The Labute approximate surface area is 113 Å². The van der Waals surface area contributed by atoms with Gasteiger partial charge in [0.1, 0.15) is 5.82 Å². The molecule has 1 unspecified atom stereocenters. The summed E-state index contributed by atoms with van der Waals surface area (Å²) in [7, 11) is 0. The molecule has 1 heterocycles. The molecule has 17 heavy (non-hydrogen) atoms. The van der Waals surface area contributed by atoms with Crippen molar-refractivity contribution in [3.05, 3.63) is 34.6 Å². The third-order valence-corrected chi connectivity index (χ3v) is 3.34. The molecular weight excluding hydrogens is 262 g/mol. The molecule has 1 fully saturated rings. The smallest absolute Gasteiger partial charge is 0.146 e. The van der Waals surface area contributed by atoms with Gasteiger partial charge in [-0.2, -0.15) is 0 Å². The number of nitrogens with one attached hydrogen (secondary N) is 1. The molecule has 0 radical (unpaired) electrons. The molecule has 0 spiro atoms. The highest BCUT2D eigenvalue weighted by molar-refractivity contribution is 6.30. The highest BCUT2D eigenvalue weighted by Crippen LogP contribution is 2.20. The Balaban J connectivity index is 0.00000144. The zero-order chi connectivity index (χ0) is 11.5. The van der Waals surface area contributed by atoms with Crippen LogP contribution in [-0.2, 0) is 6.54 Å². The molecule has 5 heteroatoms. The molecule has 1 aromatic carbocycles. The molecule has 0 saturated carbocycles. The molecule has 0 aliphatic carbocycles. The van der Waals surface area contributed by atoms with Gasteiger partial charge in [0.15, 0.2) is 0 Å². The molecule has 96 valence electrons. The lowest BCUT2D eigenvalue weighted by Gasteiger charge is -2.33. The summed E-state index contributed by atoms with van der Waals surface area (Å²) in [5.74, 6) is -0.283. The van der Waals surface area contributed by atoms with Crippen molar-refractivity contribution < 1.29 is 4.39 Å². The monoisotopic (exact) mass is 278 g/mol. The third kappa shape index (κ3) is 3.55. The van der Waals surface area contributed by atoms with Gasteiger partial charge in [-0.25, -0.2) is 4.39 Å². The van der Waals surface area contributed by atoms with Gasteiger partial charge in [0, 0.05) is 37.8 Å². The number of nitrogens with zero attached hydrogens (tertiary/aromatic N) is 1. The molecule has 1 aliphatic heterocycles. The second-order valence-electron chi connectivity index (χ2n) is 4.24. The van der Waals surface area contributed by atoms with Gasteiger partial charge in [0.05, 0.1) is 5.02 Å². The van der Waals surface area contributed by atoms with Crippen LogP contribution in [0.3, 0.4) is 0 Å². The maximum atomic E-state index is 13.7. The average Bonchev–Trinajstić information content (AvgIpc) is 2.28. The summed E-state index contributed by atoms with van der Waals surface area (Å²) in [5.41, 5.74) is 0.682. The summed E-state index contributed by atoms with van der Waals surface area (Å²) in [6, 6.07) is 5.62. The highest BCUT2D eigenvalue weighted by atomic mass is 35.5. The molecule has 1 aromatic rings. The predicted molar refractivity (Wildman–Crippen MR) is 71.4 cm³/mol. The lowest BCUT2D eigenvalue weighted by atomic mass is 10.1. The fraction of sp³-hybridized carbons (Fsp3) is 0.500. The Morgan fingerprint density at radius 2 is 2.29 bits per heavy atom. The number of piperazine rings is 1. The minimum Gasteiger partial charge on any atom is -0.314 e. The first-order valence-corrected chi connectivity index (χ1v) is 5.94. The van der Waals surface area contributed by atoms with Gasteiger partial charge in [0.25, 0.3) is 0 Å². The molecule has 1 N–H and O–H groups in total. The molecule has 0 amide bonds. The molecule has 2 nitrogen and oxygen atoms in total. The molecule has 0 aromatic heterocycles. The summed E-state index contributed by atoms with van der Waals surface area (Å²) in [4.78, 5) is 2.27. The number of halogens is 3. The van der Waals surface area contributed by atoms with E-state index >= 15 is 0 Å². The molecule has 2 rings (SSSR count). The fourth-order valence-electron chi connectivity index (χ4n) is 2.01. The first-order valence-electron chi connectivity index (χ1n) is 5.56. The van der Waals surface area contributed by atoms with Gasteiger partial charge in [-0.15, -0.1) is 12.4 Å². The van der Waals surface area contributed by atoms with E-state index in [9.17, 15) is 4.39 Å². The summed E-state index contributed by atoms with van der Waals surface area (Å²) >= 11 is 5.76. The van der Waals surface area contributed by atoms with Gasteiger partial charge in [0.2, 0.25) is 0 Å². The quantitative estimate of drug-likeness (QED) is 0.895. The second-order valence-corrected chi connectivity index (χ2v) is 4.64. The predicted octanol–water partition coefficient (Wildman–Crippen LogP) is 2.69. The second kappa shape index (κ2) is 6.55. The number of benzene rings is 1. The van der Waals surface area contributed by atoms with Crippen molar-refractivity contribution >= 4 is 24.0 Å². The largest absolute Gasteiger partial charge is 0.314 e. The lowest BCUT2D eigenvalue weighted by Crippen LogP contribution is -2.49. The summed E-state index contributed by atoms with van der Waals surface area (Å²) in [6.45, 7) is 5.66. The Morgan fingerprint density at radius 1 is 1.53 bits per heavy atom. The Morgan fingerprint density at radius 3 is 3.00 bits per heavy atom. The van der Waals surface area contributed by atoms with Crippen molar-refractivity contribution in [3.63, 3.8) is 0 Å². The van der Waals surface area contributed by atoms with Crippen LogP contribution in [0.1, 0.15) is 12.5 Å². The average molecular weight is 279 g/mol. The Kier molecular flexibility index (Phi) is 5.67. The summed E-state index contributed by atoms with van der Waals surface area (Å²) < 4.78 is 13.7. The zero-order valence-electron chi connectivity index (χ0n) is 9.75. The molecule has 0 bridgehead atoms. The molecule has 1 saturated heterocycles. The minimum atomic E-state index is -0.283. The van der Waals surface area contributed by atoms with Crippen molar-refractivity contribution in [2.45, 2.75) is 19.5 Å². The Bertz CT molecular complexity index is 374. The van der Waals surface area contributed by atoms with Gasteiger partial charge in [-0.05, 0) is 13.0 Å². The van der Waals surface area contributed by atoms with E-state index < -0.39 is 0 Å². The van der Waals surface area contributed by atoms with Crippen LogP contribution >= 0.6 is 24.0 Å². The van der Waals surface area contributed by atoms with Crippen LogP contribution < -0.4 is 5.32 Å². The molecule has 1 aliphatic rings. The van der Waals surface area contributed by atoms with Gasteiger partial charge in [-0.3, -0.25) is 4.90 Å². The lowest BCUT2D eigenvalue weighted by molar-refractivity contribution is 0.164. The third-order valence-electron chi connectivity index (χ3n) is 3.04. The highest BCUT2D eigenvalue weighted by Gasteiger charge is 2.19. The van der Waals surface area contributed by atoms with Gasteiger partial charge in [-0.1, -0.05) is 23.7 Å². The maximum absolute atomic E-state index is 13.7. The summed E-state index contributed by atoms with van der Waals surface area (Å²) in [6.07, 6.45) is 0. The van der Waals surface area contributed by atoms with Crippen LogP contribution in [-0.4, -0.2) is 30.6 Å². The molecule has 1 atom stereocenters. The number of hydrogen-bond donors (Lipinski definition) is 1. The van der Waals surface area contributed by atoms with Crippen molar-refractivity contribution in [2.75, 3.05) is 19.6 Å². The van der Waals surface area contributed by atoms with E-state index in [1.54, 1.807) is 18.2 Å². The van der Waals surface area contributed by atoms with Crippen LogP contribution in [0.15, 0.2) is 18.2 Å². The standard InChI is InChI=1S/C12H16ClFN2.ClH/c1-9-7-15-5-6-16(9)8-10-3-2-4-11(13)12(10)14;/h2-4,9,15H,5-8H2,1H3;1H. The van der Waals surface area contributed by atoms with Crippen molar-refractivity contribution in [1.82, 2.24) is 10.2 Å². The van der Waals surface area contributed by atoms with E-state index in [-0.39, 0.29) is 23.2 Å². The van der Waals surface area contributed by atoms with Crippen LogP contribution in [0.25, 0.3) is 0 Å². The van der Waals surface area contributed by atoms with Crippen LogP contribution in [0, 0.1) is 5.82 Å². The summed E-state index contributed by atoms with van der Waals surface area (Å²) in [5, 5.41) is 3.52. The topological polar surface area (TPSA) is 15.3 Å². The Hall–Kier alpha value is -0.350. The first kappa shape index (κ1) is 14.7. The van der Waals surface area contributed by atoms with Gasteiger partial charge < -0.3 is 5.32 Å². The van der Waals surface area contributed by atoms with E-state index in [1.165, 1.54) is 0 Å². The number of hydrogen-bond acceptors (Lipinski definition) is 2. The fourth-order valence-corrected chi connectivity index (χ4v) is 2.20. The van der Waals surface area contributed by atoms with E-state index in [1.807, 2.05) is 0 Å². The maximum Gasteiger partial charge on any atom is 0.146 e. The molecular formula is C12H17Cl2FN2.